The lowest BCUT2D eigenvalue weighted by molar-refractivity contribution is 0.252. The van der Waals surface area contributed by atoms with Gasteiger partial charge in [0.05, 0.1) is 0 Å². The van der Waals surface area contributed by atoms with E-state index in [1.54, 1.807) is 12.1 Å². The van der Waals surface area contributed by atoms with Gasteiger partial charge in [-0.15, -0.1) is 0 Å². The summed E-state index contributed by atoms with van der Waals surface area (Å²) in [4.78, 5) is 2.40. The molecule has 1 aromatic rings. The largest absolute Gasteiger partial charge is 0.370 e. The summed E-state index contributed by atoms with van der Waals surface area (Å²) in [6.45, 7) is 7.74. The molecule has 0 atom stereocenters. The Morgan fingerprint density at radius 2 is 2.05 bits per heavy atom. The molecule has 2 aliphatic rings. The van der Waals surface area contributed by atoms with E-state index in [9.17, 15) is 4.39 Å². The Bertz CT molecular complexity index is 492. The molecule has 21 heavy (non-hydrogen) atoms. The second-order valence-corrected chi connectivity index (χ2v) is 6.81. The molecule has 0 bridgehead atoms. The van der Waals surface area contributed by atoms with Crippen molar-refractivity contribution in [2.45, 2.75) is 52.0 Å². The first-order valence-electron chi connectivity index (χ1n) is 8.42. The normalized spacial score (nSPS) is 18.1. The minimum Gasteiger partial charge on any atom is -0.370 e. The van der Waals surface area contributed by atoms with Crippen molar-refractivity contribution in [3.05, 3.63) is 29.6 Å². The Morgan fingerprint density at radius 3 is 2.71 bits per heavy atom. The fourth-order valence-corrected chi connectivity index (χ4v) is 3.42. The number of rotatable bonds is 7. The molecule has 0 spiro atoms. The van der Waals surface area contributed by atoms with E-state index in [1.165, 1.54) is 31.2 Å². The fraction of sp³-hybridized carbons (Fsp3) is 0.667. The van der Waals surface area contributed by atoms with E-state index in [0.29, 0.717) is 5.41 Å². The molecular formula is C18H27FN2. The van der Waals surface area contributed by atoms with Crippen LogP contribution in [0.1, 0.15) is 45.1 Å². The molecule has 1 heterocycles. The number of hydrogen-bond acceptors (Lipinski definition) is 2. The molecule has 1 aliphatic heterocycles. The molecule has 0 radical (unpaired) electrons. The molecule has 0 saturated heterocycles. The summed E-state index contributed by atoms with van der Waals surface area (Å²) < 4.78 is 13.6. The fourth-order valence-electron chi connectivity index (χ4n) is 3.42. The molecule has 0 unspecified atom stereocenters. The van der Waals surface area contributed by atoms with Crippen molar-refractivity contribution in [3.8, 4) is 0 Å². The van der Waals surface area contributed by atoms with Gasteiger partial charge >= 0.3 is 0 Å². The van der Waals surface area contributed by atoms with Gasteiger partial charge in [-0.2, -0.15) is 0 Å². The van der Waals surface area contributed by atoms with Crippen molar-refractivity contribution in [1.29, 1.82) is 0 Å². The summed E-state index contributed by atoms with van der Waals surface area (Å²) in [5.41, 5.74) is 2.72. The van der Waals surface area contributed by atoms with Crippen molar-refractivity contribution in [3.63, 3.8) is 0 Å². The summed E-state index contributed by atoms with van der Waals surface area (Å²) >= 11 is 0. The lowest BCUT2D eigenvalue weighted by atomic mass is 9.81. The van der Waals surface area contributed by atoms with Crippen LogP contribution in [0.25, 0.3) is 0 Å². The van der Waals surface area contributed by atoms with Gasteiger partial charge in [0.15, 0.2) is 0 Å². The maximum Gasteiger partial charge on any atom is 0.125 e. The van der Waals surface area contributed by atoms with Gasteiger partial charge in [0.2, 0.25) is 0 Å². The monoisotopic (exact) mass is 290 g/mol. The predicted molar refractivity (Wildman–Crippen MR) is 86.4 cm³/mol. The lowest BCUT2D eigenvalue weighted by Gasteiger charge is -2.37. The summed E-state index contributed by atoms with van der Waals surface area (Å²) in [5, 5.41) is 3.71. The molecule has 1 saturated carbocycles. The summed E-state index contributed by atoms with van der Waals surface area (Å²) in [6, 6.07) is 6.01. The smallest absolute Gasteiger partial charge is 0.125 e. The van der Waals surface area contributed by atoms with Gasteiger partial charge in [0.1, 0.15) is 5.82 Å². The van der Waals surface area contributed by atoms with Gasteiger partial charge in [-0.3, -0.25) is 0 Å². The number of anilines is 1. The van der Waals surface area contributed by atoms with Crippen molar-refractivity contribution in [2.24, 2.45) is 5.41 Å². The van der Waals surface area contributed by atoms with Gasteiger partial charge in [-0.1, -0.05) is 19.9 Å². The molecule has 1 fully saturated rings. The zero-order valence-corrected chi connectivity index (χ0v) is 13.3. The van der Waals surface area contributed by atoms with Gasteiger partial charge < -0.3 is 10.2 Å². The molecule has 0 amide bonds. The number of nitrogens with zero attached hydrogens (tertiary/aromatic N) is 1. The van der Waals surface area contributed by atoms with Crippen LogP contribution in [0.2, 0.25) is 0 Å². The number of hydrogen-bond donors (Lipinski definition) is 1. The molecule has 1 aliphatic carbocycles. The third-order valence-electron chi connectivity index (χ3n) is 5.41. The zero-order valence-electron chi connectivity index (χ0n) is 13.3. The molecule has 116 valence electrons. The van der Waals surface area contributed by atoms with Crippen molar-refractivity contribution >= 4 is 5.69 Å². The molecule has 3 rings (SSSR count). The van der Waals surface area contributed by atoms with Crippen molar-refractivity contribution < 1.29 is 4.39 Å². The summed E-state index contributed by atoms with van der Waals surface area (Å²) in [5.74, 6) is -0.115. The average Bonchev–Trinajstić information content (AvgIpc) is 3.26. The summed E-state index contributed by atoms with van der Waals surface area (Å²) in [7, 11) is 0. The van der Waals surface area contributed by atoms with Crippen LogP contribution in [0.5, 0.6) is 0 Å². The van der Waals surface area contributed by atoms with Crippen LogP contribution in [-0.4, -0.2) is 25.7 Å². The number of fused-ring (bicyclic) bond motifs is 1. The minimum absolute atomic E-state index is 0.115. The van der Waals surface area contributed by atoms with Crippen LogP contribution < -0.4 is 10.2 Å². The summed E-state index contributed by atoms with van der Waals surface area (Å²) in [6.07, 6.45) is 6.06. The Morgan fingerprint density at radius 1 is 1.29 bits per heavy atom. The molecule has 1 N–H and O–H groups in total. The second-order valence-electron chi connectivity index (χ2n) is 6.81. The van der Waals surface area contributed by atoms with Crippen molar-refractivity contribution in [2.75, 3.05) is 24.5 Å². The highest BCUT2D eigenvalue weighted by atomic mass is 19.1. The highest BCUT2D eigenvalue weighted by Crippen LogP contribution is 2.35. The first-order chi connectivity index (χ1) is 10.2. The van der Waals surface area contributed by atoms with Crippen LogP contribution in [0, 0.1) is 11.2 Å². The maximum absolute atomic E-state index is 13.6. The van der Waals surface area contributed by atoms with E-state index in [-0.39, 0.29) is 5.82 Å². The third kappa shape index (κ3) is 3.23. The topological polar surface area (TPSA) is 15.3 Å². The highest BCUT2D eigenvalue weighted by Gasteiger charge is 2.33. The highest BCUT2D eigenvalue weighted by molar-refractivity contribution is 5.58. The van der Waals surface area contributed by atoms with Crippen LogP contribution >= 0.6 is 0 Å². The molecule has 0 aromatic heterocycles. The average molecular weight is 290 g/mol. The first-order valence-corrected chi connectivity index (χ1v) is 8.42. The number of halogens is 1. The van der Waals surface area contributed by atoms with Gasteiger partial charge in [-0.05, 0) is 55.2 Å². The zero-order chi connectivity index (χ0) is 14.9. The van der Waals surface area contributed by atoms with E-state index in [2.05, 4.69) is 24.1 Å². The van der Waals surface area contributed by atoms with Gasteiger partial charge in [0.25, 0.3) is 0 Å². The van der Waals surface area contributed by atoms with E-state index in [0.717, 1.165) is 37.8 Å². The maximum atomic E-state index is 13.6. The molecule has 2 nitrogen and oxygen atoms in total. The van der Waals surface area contributed by atoms with Gasteiger partial charge in [0, 0.05) is 31.4 Å². The predicted octanol–water partition coefficient (Wildman–Crippen LogP) is 3.75. The van der Waals surface area contributed by atoms with E-state index < -0.39 is 0 Å². The Hall–Kier alpha value is -1.09. The lowest BCUT2D eigenvalue weighted by Crippen LogP contribution is -2.43. The molecule has 3 heteroatoms. The standard InChI is InChI=1S/C18H27FN2/c1-3-18(4-2,12-20-16-7-8-16)13-21-10-9-14-5-6-15(19)11-17(14)21/h5-6,11,16,20H,3-4,7-10,12-13H2,1-2H3. The van der Waals surface area contributed by atoms with Gasteiger partial charge in [-0.25, -0.2) is 4.39 Å². The SMILES string of the molecule is CCC(CC)(CNC1CC1)CN1CCc2ccc(F)cc21. The minimum atomic E-state index is -0.115. The Labute approximate surface area is 127 Å². The van der Waals surface area contributed by atoms with Crippen LogP contribution in [0.15, 0.2) is 18.2 Å². The number of benzene rings is 1. The second kappa shape index (κ2) is 5.96. The van der Waals surface area contributed by atoms with Crippen LogP contribution in [0.4, 0.5) is 10.1 Å². The van der Waals surface area contributed by atoms with E-state index in [1.807, 2.05) is 6.07 Å². The molecule has 1 aromatic carbocycles. The van der Waals surface area contributed by atoms with Crippen LogP contribution in [-0.2, 0) is 6.42 Å². The van der Waals surface area contributed by atoms with Crippen molar-refractivity contribution in [1.82, 2.24) is 5.32 Å². The Balaban J connectivity index is 1.72. The first kappa shape index (κ1) is 14.8. The number of nitrogens with one attached hydrogen (secondary N) is 1. The third-order valence-corrected chi connectivity index (χ3v) is 5.41. The molecular weight excluding hydrogens is 263 g/mol. The van der Waals surface area contributed by atoms with E-state index in [4.69, 9.17) is 0 Å². The van der Waals surface area contributed by atoms with Crippen LogP contribution in [0.3, 0.4) is 0 Å². The van der Waals surface area contributed by atoms with E-state index >= 15 is 0 Å². The quantitative estimate of drug-likeness (QED) is 0.823. The Kier molecular flexibility index (Phi) is 4.21.